The number of aldehydes is 1. The highest BCUT2D eigenvalue weighted by atomic mass is 35.5. The van der Waals surface area contributed by atoms with Crippen molar-refractivity contribution >= 4 is 35.4 Å². The molecule has 0 saturated carbocycles. The monoisotopic (exact) mass is 427 g/mol. The van der Waals surface area contributed by atoms with E-state index in [9.17, 15) is 14.4 Å². The zero-order valence-corrected chi connectivity index (χ0v) is 17.5. The van der Waals surface area contributed by atoms with Crippen molar-refractivity contribution < 1.29 is 14.4 Å². The number of hydrogen-bond donors (Lipinski definition) is 0. The van der Waals surface area contributed by atoms with Crippen LogP contribution in [0.5, 0.6) is 0 Å². The maximum Gasteiger partial charge on any atom is 0.239 e. The predicted octanol–water partition coefficient (Wildman–Crippen LogP) is 4.40. The van der Waals surface area contributed by atoms with Crippen molar-refractivity contribution in [2.45, 2.75) is 18.3 Å². The lowest BCUT2D eigenvalue weighted by Crippen LogP contribution is -2.54. The second kappa shape index (κ2) is 6.14. The Morgan fingerprint density at radius 1 is 0.903 bits per heavy atom. The molecule has 0 radical (unpaired) electrons. The Morgan fingerprint density at radius 3 is 2.10 bits per heavy atom. The molecular weight excluding hydrogens is 410 g/mol. The molecule has 0 aromatic heterocycles. The largest absolute Gasteiger partial charge is 0.302 e. The Hall–Kier alpha value is -3.24. The number of amides is 2. The van der Waals surface area contributed by atoms with Gasteiger partial charge in [0.1, 0.15) is 6.29 Å². The number of anilines is 1. The minimum atomic E-state index is -1.18. The van der Waals surface area contributed by atoms with Gasteiger partial charge < -0.3 is 4.79 Å². The molecule has 1 aliphatic heterocycles. The molecule has 1 saturated heterocycles. The van der Waals surface area contributed by atoms with Crippen molar-refractivity contribution in [2.75, 3.05) is 4.90 Å². The zero-order valence-electron chi connectivity index (χ0n) is 16.7. The first kappa shape index (κ1) is 18.5. The first-order valence-electron chi connectivity index (χ1n) is 10.3. The van der Waals surface area contributed by atoms with E-state index in [1.807, 2.05) is 55.5 Å². The van der Waals surface area contributed by atoms with Crippen molar-refractivity contribution in [2.24, 2.45) is 11.8 Å². The first-order valence-corrected chi connectivity index (χ1v) is 10.7. The van der Waals surface area contributed by atoms with Crippen LogP contribution in [0.3, 0.4) is 0 Å². The van der Waals surface area contributed by atoms with Crippen molar-refractivity contribution in [1.29, 1.82) is 0 Å². The van der Waals surface area contributed by atoms with Crippen LogP contribution in [0.25, 0.3) is 0 Å². The average molecular weight is 428 g/mol. The fourth-order valence-corrected chi connectivity index (χ4v) is 6.18. The molecule has 31 heavy (non-hydrogen) atoms. The molecule has 2 amide bonds. The molecule has 3 aromatic rings. The van der Waals surface area contributed by atoms with Gasteiger partial charge in [0.2, 0.25) is 11.8 Å². The van der Waals surface area contributed by atoms with Gasteiger partial charge in [-0.1, -0.05) is 66.2 Å². The maximum absolute atomic E-state index is 13.8. The lowest BCUT2D eigenvalue weighted by atomic mass is 9.48. The number of carbonyl (C=O) groups excluding carboxylic acids is 3. The first-order chi connectivity index (χ1) is 15.0. The van der Waals surface area contributed by atoms with E-state index in [-0.39, 0.29) is 17.7 Å². The number of hydrogen-bond acceptors (Lipinski definition) is 3. The number of aryl methyl sites for hydroxylation is 1. The van der Waals surface area contributed by atoms with Crippen LogP contribution in [-0.2, 0) is 19.8 Å². The third-order valence-electron chi connectivity index (χ3n) is 7.28. The van der Waals surface area contributed by atoms with Gasteiger partial charge >= 0.3 is 0 Å². The normalized spacial score (nSPS) is 27.7. The van der Waals surface area contributed by atoms with Gasteiger partial charge in [-0.2, -0.15) is 0 Å². The minimum absolute atomic E-state index is 0.262. The van der Waals surface area contributed by atoms with Crippen LogP contribution < -0.4 is 4.90 Å². The minimum Gasteiger partial charge on any atom is -0.302 e. The van der Waals surface area contributed by atoms with Crippen molar-refractivity contribution in [3.8, 4) is 0 Å². The molecule has 2 bridgehead atoms. The van der Waals surface area contributed by atoms with Gasteiger partial charge in [-0.25, -0.2) is 4.90 Å². The number of carbonyl (C=O) groups is 3. The summed E-state index contributed by atoms with van der Waals surface area (Å²) in [4.78, 5) is 41.7. The third-order valence-corrected chi connectivity index (χ3v) is 7.69. The Morgan fingerprint density at radius 2 is 1.52 bits per heavy atom. The van der Waals surface area contributed by atoms with Crippen LogP contribution in [0.4, 0.5) is 5.69 Å². The Kier molecular flexibility index (Phi) is 3.67. The molecule has 0 spiro atoms. The van der Waals surface area contributed by atoms with Gasteiger partial charge in [-0.3, -0.25) is 9.59 Å². The van der Waals surface area contributed by atoms with E-state index in [2.05, 4.69) is 0 Å². The molecule has 152 valence electrons. The topological polar surface area (TPSA) is 54.5 Å². The van der Waals surface area contributed by atoms with Gasteiger partial charge in [-0.05, 0) is 46.9 Å². The average Bonchev–Trinajstić information content (AvgIpc) is 3.07. The van der Waals surface area contributed by atoms with E-state index in [0.717, 1.165) is 34.1 Å². The van der Waals surface area contributed by atoms with Crippen LogP contribution in [0.1, 0.15) is 33.7 Å². The molecule has 4 aliphatic rings. The van der Waals surface area contributed by atoms with Crippen LogP contribution >= 0.6 is 11.6 Å². The quantitative estimate of drug-likeness (QED) is 0.450. The summed E-state index contributed by atoms with van der Waals surface area (Å²) < 4.78 is 0. The smallest absolute Gasteiger partial charge is 0.239 e. The summed E-state index contributed by atoms with van der Waals surface area (Å²) in [6, 6.07) is 20.6. The molecule has 5 heteroatoms. The van der Waals surface area contributed by atoms with E-state index in [4.69, 9.17) is 11.6 Å². The Bertz CT molecular complexity index is 1270. The molecular formula is C26H18ClNO3. The molecule has 2 atom stereocenters. The summed E-state index contributed by atoms with van der Waals surface area (Å²) in [7, 11) is 0. The Labute approximate surface area is 184 Å². The van der Waals surface area contributed by atoms with Crippen molar-refractivity contribution in [1.82, 2.24) is 0 Å². The molecule has 3 aromatic carbocycles. The summed E-state index contributed by atoms with van der Waals surface area (Å²) in [5.41, 5.74) is 3.72. The maximum atomic E-state index is 13.8. The van der Waals surface area contributed by atoms with Crippen LogP contribution in [0.15, 0.2) is 66.7 Å². The highest BCUT2D eigenvalue weighted by molar-refractivity contribution is 6.32. The number of benzene rings is 3. The van der Waals surface area contributed by atoms with E-state index >= 15 is 0 Å². The highest BCUT2D eigenvalue weighted by Crippen LogP contribution is 2.63. The lowest BCUT2D eigenvalue weighted by molar-refractivity contribution is -0.128. The van der Waals surface area contributed by atoms with Crippen molar-refractivity contribution in [3.63, 3.8) is 0 Å². The molecule has 7 rings (SSSR count). The van der Waals surface area contributed by atoms with E-state index < -0.39 is 17.3 Å². The predicted molar refractivity (Wildman–Crippen MR) is 117 cm³/mol. The molecule has 1 fully saturated rings. The molecule has 0 unspecified atom stereocenters. The fourth-order valence-electron chi connectivity index (χ4n) is 6.01. The Balaban J connectivity index is 1.63. The number of rotatable bonds is 2. The van der Waals surface area contributed by atoms with E-state index in [1.165, 1.54) is 4.90 Å². The van der Waals surface area contributed by atoms with Gasteiger partial charge in [0.15, 0.2) is 0 Å². The van der Waals surface area contributed by atoms with Crippen LogP contribution in [0, 0.1) is 18.8 Å². The summed E-state index contributed by atoms with van der Waals surface area (Å²) in [5.74, 6) is -2.26. The number of halogens is 1. The number of nitrogens with zero attached hydrogens (tertiary/aromatic N) is 1. The molecule has 1 heterocycles. The van der Waals surface area contributed by atoms with E-state index in [1.54, 1.807) is 18.2 Å². The lowest BCUT2D eigenvalue weighted by Gasteiger charge is -2.51. The van der Waals surface area contributed by atoms with Gasteiger partial charge in [0.25, 0.3) is 0 Å². The highest BCUT2D eigenvalue weighted by Gasteiger charge is 2.68. The summed E-state index contributed by atoms with van der Waals surface area (Å²) in [6.07, 6.45) is 0.883. The zero-order chi connectivity index (χ0) is 21.5. The van der Waals surface area contributed by atoms with Crippen LogP contribution in [0.2, 0.25) is 5.02 Å². The standard InChI is InChI=1S/C26H18ClNO3/c1-14-10-11-15(12-20(14)27)28-24(30)22-21-16-6-2-4-8-18(16)26(13-29,23(22)25(28)31)19-9-5-3-7-17(19)21/h2-13,21-23H,1H3/t21?,22-,23+,26?/m1/s1. The van der Waals surface area contributed by atoms with Gasteiger partial charge in [-0.15, -0.1) is 0 Å². The van der Waals surface area contributed by atoms with Gasteiger partial charge in [0.05, 0.1) is 22.9 Å². The SMILES string of the molecule is Cc1ccc(N2C(=O)[C@@H]3C4c5ccccc5C(C=O)(c5ccccc54)[C@@H]3C2=O)cc1Cl. The van der Waals surface area contributed by atoms with E-state index in [0.29, 0.717) is 10.7 Å². The fraction of sp³-hybridized carbons (Fsp3) is 0.192. The molecule has 3 aliphatic carbocycles. The third kappa shape index (κ3) is 2.08. The summed E-state index contributed by atoms with van der Waals surface area (Å²) in [6.45, 7) is 1.87. The van der Waals surface area contributed by atoms with Crippen molar-refractivity contribution in [3.05, 3.63) is 99.6 Å². The second-order valence-corrected chi connectivity index (χ2v) is 9.00. The summed E-state index contributed by atoms with van der Waals surface area (Å²) >= 11 is 6.31. The van der Waals surface area contributed by atoms with Crippen LogP contribution in [-0.4, -0.2) is 18.1 Å². The number of imide groups is 1. The van der Waals surface area contributed by atoms with Gasteiger partial charge in [0, 0.05) is 10.9 Å². The summed E-state index contributed by atoms with van der Waals surface area (Å²) in [5, 5.41) is 0.493. The molecule has 4 nitrogen and oxygen atoms in total. The molecule has 0 N–H and O–H groups in total. The second-order valence-electron chi connectivity index (χ2n) is 8.59.